The Morgan fingerprint density at radius 3 is 2.60 bits per heavy atom. The molecule has 1 aromatic carbocycles. The van der Waals surface area contributed by atoms with E-state index in [1.165, 1.54) is 18.2 Å². The normalized spacial score (nSPS) is 11.3. The van der Waals surface area contributed by atoms with Crippen molar-refractivity contribution in [1.29, 1.82) is 0 Å². The molecule has 8 heteroatoms. The summed E-state index contributed by atoms with van der Waals surface area (Å²) in [4.78, 5) is 11.6. The van der Waals surface area contributed by atoms with Gasteiger partial charge in [0.15, 0.2) is 0 Å². The third-order valence-electron chi connectivity index (χ3n) is 2.39. The SMILES string of the molecule is COCCOCC(=O)Nc1ccc(S(=O)(=O)Cl)c(C)c1. The highest BCUT2D eigenvalue weighted by Gasteiger charge is 2.14. The summed E-state index contributed by atoms with van der Waals surface area (Å²) in [6.45, 7) is 2.24. The first-order valence-electron chi connectivity index (χ1n) is 5.76. The average Bonchev–Trinajstić information content (AvgIpc) is 2.33. The lowest BCUT2D eigenvalue weighted by atomic mass is 10.2. The Balaban J connectivity index is 2.61. The van der Waals surface area contributed by atoms with Crippen molar-refractivity contribution in [3.63, 3.8) is 0 Å². The largest absolute Gasteiger partial charge is 0.382 e. The van der Waals surface area contributed by atoms with E-state index in [0.29, 0.717) is 24.5 Å². The maximum absolute atomic E-state index is 11.5. The highest BCUT2D eigenvalue weighted by molar-refractivity contribution is 8.13. The molecule has 0 aliphatic heterocycles. The molecule has 0 aliphatic rings. The summed E-state index contributed by atoms with van der Waals surface area (Å²) >= 11 is 0. The fourth-order valence-corrected chi connectivity index (χ4v) is 2.70. The van der Waals surface area contributed by atoms with Gasteiger partial charge in [-0.2, -0.15) is 0 Å². The molecule has 112 valence electrons. The number of hydrogen-bond donors (Lipinski definition) is 1. The Kier molecular flexibility index (Phi) is 6.41. The molecule has 0 aliphatic carbocycles. The maximum Gasteiger partial charge on any atom is 0.261 e. The van der Waals surface area contributed by atoms with Gasteiger partial charge >= 0.3 is 0 Å². The molecule has 0 aromatic heterocycles. The van der Waals surface area contributed by atoms with Crippen LogP contribution in [0.1, 0.15) is 5.56 Å². The van der Waals surface area contributed by atoms with E-state index in [2.05, 4.69) is 5.32 Å². The summed E-state index contributed by atoms with van der Waals surface area (Å²) in [5.74, 6) is -0.331. The number of rotatable bonds is 7. The minimum absolute atomic E-state index is 0.0218. The van der Waals surface area contributed by atoms with Gasteiger partial charge < -0.3 is 14.8 Å². The van der Waals surface area contributed by atoms with Crippen LogP contribution in [0.5, 0.6) is 0 Å². The minimum atomic E-state index is -3.78. The molecule has 6 nitrogen and oxygen atoms in total. The van der Waals surface area contributed by atoms with Gasteiger partial charge in [0, 0.05) is 23.5 Å². The van der Waals surface area contributed by atoms with Gasteiger partial charge in [-0.1, -0.05) is 0 Å². The second-order valence-electron chi connectivity index (χ2n) is 4.01. The van der Waals surface area contributed by atoms with Gasteiger partial charge in [0.2, 0.25) is 5.91 Å². The van der Waals surface area contributed by atoms with Gasteiger partial charge in [-0.25, -0.2) is 8.42 Å². The first-order chi connectivity index (χ1) is 9.34. The van der Waals surface area contributed by atoms with Crippen molar-refractivity contribution in [2.45, 2.75) is 11.8 Å². The van der Waals surface area contributed by atoms with E-state index in [0.717, 1.165) is 0 Å². The topological polar surface area (TPSA) is 81.7 Å². The maximum atomic E-state index is 11.5. The summed E-state index contributed by atoms with van der Waals surface area (Å²) in [7, 11) is 3.04. The van der Waals surface area contributed by atoms with Crippen LogP contribution in [-0.4, -0.2) is 41.3 Å². The van der Waals surface area contributed by atoms with Crippen molar-refractivity contribution < 1.29 is 22.7 Å². The van der Waals surface area contributed by atoms with E-state index in [4.69, 9.17) is 20.2 Å². The van der Waals surface area contributed by atoms with Crippen LogP contribution < -0.4 is 5.32 Å². The highest BCUT2D eigenvalue weighted by Crippen LogP contribution is 2.22. The predicted molar refractivity (Wildman–Crippen MR) is 75.5 cm³/mol. The Morgan fingerprint density at radius 2 is 2.05 bits per heavy atom. The second kappa shape index (κ2) is 7.58. The first-order valence-corrected chi connectivity index (χ1v) is 8.07. The van der Waals surface area contributed by atoms with Gasteiger partial charge in [-0.3, -0.25) is 4.79 Å². The van der Waals surface area contributed by atoms with Crippen molar-refractivity contribution in [1.82, 2.24) is 0 Å². The number of carbonyl (C=O) groups is 1. The van der Waals surface area contributed by atoms with Crippen LogP contribution in [0.2, 0.25) is 0 Å². The number of halogens is 1. The zero-order valence-corrected chi connectivity index (χ0v) is 12.8. The molecule has 0 unspecified atom stereocenters. The number of carbonyl (C=O) groups excluding carboxylic acids is 1. The monoisotopic (exact) mass is 321 g/mol. The molecule has 0 saturated heterocycles. The van der Waals surface area contributed by atoms with E-state index < -0.39 is 9.05 Å². The third kappa shape index (κ3) is 5.46. The fraction of sp³-hybridized carbons (Fsp3) is 0.417. The van der Waals surface area contributed by atoms with Crippen LogP contribution in [-0.2, 0) is 23.3 Å². The van der Waals surface area contributed by atoms with Gasteiger partial charge in [-0.15, -0.1) is 0 Å². The number of aryl methyl sites for hydroxylation is 1. The van der Waals surface area contributed by atoms with Crippen molar-refractivity contribution in [3.8, 4) is 0 Å². The van der Waals surface area contributed by atoms with E-state index >= 15 is 0 Å². The lowest BCUT2D eigenvalue weighted by Crippen LogP contribution is -2.19. The molecule has 1 N–H and O–H groups in total. The summed E-state index contributed by atoms with van der Waals surface area (Å²) < 4.78 is 32.3. The molecule has 1 rings (SSSR count). The zero-order valence-electron chi connectivity index (χ0n) is 11.2. The van der Waals surface area contributed by atoms with Gasteiger partial charge in [0.05, 0.1) is 18.1 Å². The zero-order chi connectivity index (χ0) is 15.2. The summed E-state index contributed by atoms with van der Waals surface area (Å²) in [6, 6.07) is 4.34. The second-order valence-corrected chi connectivity index (χ2v) is 6.55. The van der Waals surface area contributed by atoms with Gasteiger partial charge in [0.25, 0.3) is 9.05 Å². The Hall–Kier alpha value is -1.15. The standard InChI is InChI=1S/C12H16ClNO5S/c1-9-7-10(3-4-11(9)20(13,16)17)14-12(15)8-19-6-5-18-2/h3-4,7H,5-6,8H2,1-2H3,(H,14,15). The predicted octanol–water partition coefficient (Wildman–Crippen LogP) is 1.52. The van der Waals surface area contributed by atoms with E-state index in [-0.39, 0.29) is 17.4 Å². The number of benzene rings is 1. The van der Waals surface area contributed by atoms with E-state index in [1.807, 2.05) is 0 Å². The summed E-state index contributed by atoms with van der Waals surface area (Å²) in [5.41, 5.74) is 0.935. The van der Waals surface area contributed by atoms with Crippen molar-refractivity contribution in [3.05, 3.63) is 23.8 Å². The Morgan fingerprint density at radius 1 is 1.35 bits per heavy atom. The summed E-state index contributed by atoms with van der Waals surface area (Å²) in [5, 5.41) is 2.60. The Bertz CT molecular complexity index is 573. The molecule has 0 spiro atoms. The van der Waals surface area contributed by atoms with Crippen LogP contribution in [0.15, 0.2) is 23.1 Å². The minimum Gasteiger partial charge on any atom is -0.382 e. The number of amides is 1. The number of hydrogen-bond acceptors (Lipinski definition) is 5. The average molecular weight is 322 g/mol. The van der Waals surface area contributed by atoms with Crippen molar-refractivity contribution in [2.24, 2.45) is 0 Å². The molecule has 0 saturated carbocycles. The number of ether oxygens (including phenoxy) is 2. The lowest BCUT2D eigenvalue weighted by molar-refractivity contribution is -0.121. The number of anilines is 1. The molecule has 0 fully saturated rings. The van der Waals surface area contributed by atoms with Crippen LogP contribution >= 0.6 is 10.7 Å². The molecule has 0 atom stereocenters. The molecule has 20 heavy (non-hydrogen) atoms. The lowest BCUT2D eigenvalue weighted by Gasteiger charge is -2.08. The molecule has 1 amide bonds. The van der Waals surface area contributed by atoms with E-state index in [9.17, 15) is 13.2 Å². The van der Waals surface area contributed by atoms with Crippen molar-refractivity contribution in [2.75, 3.05) is 32.2 Å². The molecular formula is C12H16ClNO5S. The Labute approximate surface area is 122 Å². The highest BCUT2D eigenvalue weighted by atomic mass is 35.7. The van der Waals surface area contributed by atoms with Crippen LogP contribution in [0.3, 0.4) is 0 Å². The third-order valence-corrected chi connectivity index (χ3v) is 3.87. The first kappa shape index (κ1) is 16.9. The van der Waals surface area contributed by atoms with Crippen molar-refractivity contribution >= 4 is 31.3 Å². The molecule has 0 heterocycles. The molecule has 0 bridgehead atoms. The number of nitrogens with one attached hydrogen (secondary N) is 1. The number of methoxy groups -OCH3 is 1. The quantitative estimate of drug-likeness (QED) is 0.608. The smallest absolute Gasteiger partial charge is 0.261 e. The summed E-state index contributed by atoms with van der Waals surface area (Å²) in [6.07, 6.45) is 0. The van der Waals surface area contributed by atoms with Crippen LogP contribution in [0.25, 0.3) is 0 Å². The van der Waals surface area contributed by atoms with E-state index in [1.54, 1.807) is 14.0 Å². The fourth-order valence-electron chi connectivity index (χ4n) is 1.50. The van der Waals surface area contributed by atoms with Crippen LogP contribution in [0, 0.1) is 6.92 Å². The van der Waals surface area contributed by atoms with Gasteiger partial charge in [-0.05, 0) is 30.7 Å². The van der Waals surface area contributed by atoms with Gasteiger partial charge in [0.1, 0.15) is 6.61 Å². The molecule has 0 radical (unpaired) electrons. The molecular weight excluding hydrogens is 306 g/mol. The van der Waals surface area contributed by atoms with Crippen LogP contribution in [0.4, 0.5) is 5.69 Å². The molecule has 1 aromatic rings.